The van der Waals surface area contributed by atoms with Crippen molar-refractivity contribution in [2.24, 2.45) is 0 Å². The predicted molar refractivity (Wildman–Crippen MR) is 82.9 cm³/mol. The summed E-state index contributed by atoms with van der Waals surface area (Å²) in [4.78, 5) is 8.11. The number of aliphatic hydroxyl groups excluding tert-OH is 2. The molecule has 21 heavy (non-hydrogen) atoms. The summed E-state index contributed by atoms with van der Waals surface area (Å²) in [5.74, 6) is 0. The minimum absolute atomic E-state index is 0.306. The zero-order valence-corrected chi connectivity index (χ0v) is 13.9. The third-order valence-electron chi connectivity index (χ3n) is 3.70. The fraction of sp³-hybridized carbons (Fsp3) is 0.500. The molecule has 3 rings (SSSR count). The highest BCUT2D eigenvalue weighted by Gasteiger charge is 2.53. The number of aliphatic hydroxyl groups is 3. The molecular weight excluding hydrogens is 413 g/mol. The lowest BCUT2D eigenvalue weighted by Gasteiger charge is -2.27. The highest BCUT2D eigenvalue weighted by molar-refractivity contribution is 14.1. The summed E-state index contributed by atoms with van der Waals surface area (Å²) >= 11 is 8.16. The molecule has 7 nitrogen and oxygen atoms in total. The Morgan fingerprint density at radius 1 is 1.52 bits per heavy atom. The largest absolute Gasteiger partial charge is 0.394 e. The maximum absolute atomic E-state index is 10.5. The smallest absolute Gasteiger partial charge is 0.167 e. The van der Waals surface area contributed by atoms with Crippen molar-refractivity contribution in [2.75, 3.05) is 6.61 Å². The molecule has 2 aromatic rings. The van der Waals surface area contributed by atoms with Crippen LogP contribution in [0.25, 0.3) is 11.0 Å². The van der Waals surface area contributed by atoms with Crippen LogP contribution in [0, 0.1) is 3.57 Å². The van der Waals surface area contributed by atoms with E-state index in [1.807, 2.05) is 0 Å². The lowest BCUT2D eigenvalue weighted by atomic mass is 9.96. The van der Waals surface area contributed by atoms with Crippen molar-refractivity contribution in [2.45, 2.75) is 31.0 Å². The summed E-state index contributed by atoms with van der Waals surface area (Å²) in [6.07, 6.45) is 0.0807. The quantitative estimate of drug-likeness (QED) is 0.484. The molecule has 4 atom stereocenters. The molecule has 0 amide bonds. The molecule has 3 N–H and O–H groups in total. The van der Waals surface area contributed by atoms with E-state index in [1.54, 1.807) is 10.8 Å². The van der Waals surface area contributed by atoms with Gasteiger partial charge in [-0.3, -0.25) is 0 Å². The van der Waals surface area contributed by atoms with Crippen LogP contribution in [0.1, 0.15) is 13.2 Å². The second-order valence-corrected chi connectivity index (χ2v) is 6.65. The Kier molecular flexibility index (Phi) is 3.87. The standard InChI is InChI=1S/C12H13ClIN3O4/c1-12(20)8(19)6(3-18)21-11(12)17-2-5(14)7-9(13)15-4-16-10(7)17/h2,4,6,8,11,18-20H,3H2,1H3/t6-,8-,11-,12?/m1/s1. The van der Waals surface area contributed by atoms with Gasteiger partial charge in [-0.05, 0) is 29.5 Å². The fourth-order valence-corrected chi connectivity index (χ4v) is 3.76. The Labute approximate surface area is 138 Å². The van der Waals surface area contributed by atoms with E-state index in [2.05, 4.69) is 32.6 Å². The van der Waals surface area contributed by atoms with E-state index < -0.39 is 24.0 Å². The molecule has 1 fully saturated rings. The van der Waals surface area contributed by atoms with Gasteiger partial charge in [-0.2, -0.15) is 0 Å². The zero-order valence-electron chi connectivity index (χ0n) is 10.9. The monoisotopic (exact) mass is 425 g/mol. The molecule has 1 aliphatic heterocycles. The average molecular weight is 426 g/mol. The van der Waals surface area contributed by atoms with Crippen molar-refractivity contribution in [3.63, 3.8) is 0 Å². The maximum atomic E-state index is 10.5. The first-order chi connectivity index (χ1) is 9.87. The molecule has 0 bridgehead atoms. The van der Waals surface area contributed by atoms with Gasteiger partial charge in [-0.1, -0.05) is 11.6 Å². The Balaban J connectivity index is 2.15. The summed E-state index contributed by atoms with van der Waals surface area (Å²) in [7, 11) is 0. The van der Waals surface area contributed by atoms with Gasteiger partial charge in [0.1, 0.15) is 34.9 Å². The molecule has 1 unspecified atom stereocenters. The van der Waals surface area contributed by atoms with Crippen LogP contribution in [0.5, 0.6) is 0 Å². The molecule has 0 aliphatic carbocycles. The Hall–Kier alpha value is -0.520. The zero-order chi connectivity index (χ0) is 15.4. The molecule has 0 aromatic carbocycles. The van der Waals surface area contributed by atoms with Crippen LogP contribution in [0.4, 0.5) is 0 Å². The topological polar surface area (TPSA) is 101 Å². The lowest BCUT2D eigenvalue weighted by Crippen LogP contribution is -2.44. The second kappa shape index (κ2) is 5.28. The van der Waals surface area contributed by atoms with Crippen molar-refractivity contribution in [3.05, 3.63) is 21.2 Å². The minimum Gasteiger partial charge on any atom is -0.394 e. The van der Waals surface area contributed by atoms with E-state index in [0.29, 0.717) is 16.2 Å². The second-order valence-electron chi connectivity index (χ2n) is 5.13. The fourth-order valence-electron chi connectivity index (χ4n) is 2.57. The number of hydrogen-bond donors (Lipinski definition) is 3. The molecular formula is C12H13ClIN3O4. The third kappa shape index (κ3) is 2.25. The van der Waals surface area contributed by atoms with E-state index >= 15 is 0 Å². The summed E-state index contributed by atoms with van der Waals surface area (Å²) in [6, 6.07) is 0. The number of nitrogens with zero attached hydrogens (tertiary/aromatic N) is 3. The normalized spacial score (nSPS) is 33.0. The van der Waals surface area contributed by atoms with Crippen LogP contribution in [0.15, 0.2) is 12.5 Å². The van der Waals surface area contributed by atoms with Crippen LogP contribution in [-0.2, 0) is 4.74 Å². The van der Waals surface area contributed by atoms with Crippen LogP contribution in [0.3, 0.4) is 0 Å². The Morgan fingerprint density at radius 3 is 2.86 bits per heavy atom. The summed E-state index contributed by atoms with van der Waals surface area (Å²) in [5.41, 5.74) is -1.07. The number of fused-ring (bicyclic) bond motifs is 1. The van der Waals surface area contributed by atoms with Crippen molar-refractivity contribution < 1.29 is 20.1 Å². The van der Waals surface area contributed by atoms with Gasteiger partial charge in [0.15, 0.2) is 6.23 Å². The molecule has 3 heterocycles. The molecule has 1 aliphatic rings. The molecule has 1 saturated heterocycles. The van der Waals surface area contributed by atoms with E-state index in [-0.39, 0.29) is 6.61 Å². The van der Waals surface area contributed by atoms with E-state index in [0.717, 1.165) is 3.57 Å². The molecule has 114 valence electrons. The number of ether oxygens (including phenoxy) is 1. The van der Waals surface area contributed by atoms with Crippen molar-refractivity contribution >= 4 is 45.2 Å². The van der Waals surface area contributed by atoms with Crippen LogP contribution < -0.4 is 0 Å². The first-order valence-electron chi connectivity index (χ1n) is 6.21. The third-order valence-corrected chi connectivity index (χ3v) is 4.81. The van der Waals surface area contributed by atoms with Gasteiger partial charge in [0, 0.05) is 9.77 Å². The van der Waals surface area contributed by atoms with E-state index in [4.69, 9.17) is 16.3 Å². The highest BCUT2D eigenvalue weighted by Crippen LogP contribution is 2.41. The van der Waals surface area contributed by atoms with Crippen LogP contribution >= 0.6 is 34.2 Å². The number of aromatic nitrogens is 3. The first kappa shape index (κ1) is 15.4. The Morgan fingerprint density at radius 2 is 2.24 bits per heavy atom. The molecule has 0 saturated carbocycles. The van der Waals surface area contributed by atoms with Crippen molar-refractivity contribution in [1.82, 2.24) is 14.5 Å². The van der Waals surface area contributed by atoms with Crippen LogP contribution in [-0.4, -0.2) is 54.3 Å². The maximum Gasteiger partial charge on any atom is 0.167 e. The number of halogens is 2. The summed E-state index contributed by atoms with van der Waals surface area (Å²) in [5, 5.41) is 30.8. The summed E-state index contributed by atoms with van der Waals surface area (Å²) in [6.45, 7) is 1.07. The van der Waals surface area contributed by atoms with E-state index in [1.165, 1.54) is 13.3 Å². The minimum atomic E-state index is -1.57. The predicted octanol–water partition coefficient (Wildman–Crippen LogP) is 0.691. The van der Waals surface area contributed by atoms with Gasteiger partial charge >= 0.3 is 0 Å². The first-order valence-corrected chi connectivity index (χ1v) is 7.67. The number of hydrogen-bond acceptors (Lipinski definition) is 6. The van der Waals surface area contributed by atoms with Gasteiger partial charge in [0.25, 0.3) is 0 Å². The SMILES string of the molecule is CC1(O)[C@H](O)[C@@H](CO)O[C@H]1n1cc(I)c2c(Cl)ncnc21. The van der Waals surface area contributed by atoms with E-state index in [9.17, 15) is 15.3 Å². The summed E-state index contributed by atoms with van der Waals surface area (Å²) < 4.78 is 7.99. The van der Waals surface area contributed by atoms with Crippen molar-refractivity contribution in [3.8, 4) is 0 Å². The highest BCUT2D eigenvalue weighted by atomic mass is 127. The van der Waals surface area contributed by atoms with Gasteiger partial charge in [0.2, 0.25) is 0 Å². The van der Waals surface area contributed by atoms with Gasteiger partial charge in [-0.15, -0.1) is 0 Å². The number of rotatable bonds is 2. The van der Waals surface area contributed by atoms with Gasteiger partial charge in [-0.25, -0.2) is 9.97 Å². The molecule has 2 aromatic heterocycles. The average Bonchev–Trinajstić information content (AvgIpc) is 2.87. The van der Waals surface area contributed by atoms with Crippen molar-refractivity contribution in [1.29, 1.82) is 0 Å². The molecule has 0 radical (unpaired) electrons. The van der Waals surface area contributed by atoms with Gasteiger partial charge in [0.05, 0.1) is 12.0 Å². The van der Waals surface area contributed by atoms with Crippen LogP contribution in [0.2, 0.25) is 5.15 Å². The molecule has 9 heteroatoms. The Bertz CT molecular complexity index is 692. The molecule has 0 spiro atoms. The lowest BCUT2D eigenvalue weighted by molar-refractivity contribution is -0.0948. The van der Waals surface area contributed by atoms with Gasteiger partial charge < -0.3 is 24.6 Å².